The molecule has 0 amide bonds. The molecular formula is C8F16O7S2. The van der Waals surface area contributed by atoms with Crippen molar-refractivity contribution in [2.75, 3.05) is 0 Å². The number of rotatable bonds is 11. The average molecular weight is 576 g/mol. The number of hydrogen-bond donors (Lipinski definition) is 0. The van der Waals surface area contributed by atoms with Crippen LogP contribution in [-0.2, 0) is 34.7 Å². The van der Waals surface area contributed by atoms with E-state index in [0.29, 0.717) is 0 Å². The molecule has 198 valence electrons. The number of alkyl halides is 11. The van der Waals surface area contributed by atoms with Gasteiger partial charge in [-0.25, -0.2) is 13.9 Å². The number of hydrogen-bond acceptors (Lipinski definition) is 7. The lowest BCUT2D eigenvalue weighted by atomic mass is 10.3. The van der Waals surface area contributed by atoms with Gasteiger partial charge in [0.15, 0.2) is 0 Å². The molecule has 0 fully saturated rings. The van der Waals surface area contributed by atoms with Crippen molar-refractivity contribution in [1.82, 2.24) is 0 Å². The van der Waals surface area contributed by atoms with E-state index in [4.69, 9.17) is 0 Å². The van der Waals surface area contributed by atoms with Crippen molar-refractivity contribution in [2.24, 2.45) is 0 Å². The van der Waals surface area contributed by atoms with Gasteiger partial charge in [0.05, 0.1) is 0 Å². The minimum Gasteiger partial charge on any atom is -0.378 e. The van der Waals surface area contributed by atoms with Crippen LogP contribution in [0.25, 0.3) is 0 Å². The van der Waals surface area contributed by atoms with E-state index in [1.807, 2.05) is 4.74 Å². The van der Waals surface area contributed by atoms with Crippen LogP contribution in [-0.4, -0.2) is 51.7 Å². The van der Waals surface area contributed by atoms with E-state index in [9.17, 15) is 86.1 Å². The quantitative estimate of drug-likeness (QED) is 0.157. The van der Waals surface area contributed by atoms with E-state index < -0.39 is 67.4 Å². The largest absolute Gasteiger partial charge is 0.541 e. The summed E-state index contributed by atoms with van der Waals surface area (Å²) in [5, 5.41) is -15.7. The van der Waals surface area contributed by atoms with Crippen LogP contribution in [0.1, 0.15) is 0 Å². The predicted octanol–water partition coefficient (Wildman–Crippen LogP) is 4.26. The summed E-state index contributed by atoms with van der Waals surface area (Å²) in [7, 11) is -16.8. The first-order valence-electron chi connectivity index (χ1n) is 6.25. The van der Waals surface area contributed by atoms with Gasteiger partial charge in [0, 0.05) is 0 Å². The Morgan fingerprint density at radius 1 is 0.576 bits per heavy atom. The van der Waals surface area contributed by atoms with Crippen LogP contribution >= 0.6 is 0 Å². The van der Waals surface area contributed by atoms with Gasteiger partial charge < -0.3 is 4.74 Å². The minimum atomic E-state index is -8.73. The van der Waals surface area contributed by atoms with Crippen molar-refractivity contribution in [3.05, 3.63) is 12.1 Å². The molecule has 0 heterocycles. The van der Waals surface area contributed by atoms with Crippen LogP contribution in [0.2, 0.25) is 0 Å². The highest BCUT2D eigenvalue weighted by atomic mass is 32.3. The molecule has 7 nitrogen and oxygen atoms in total. The number of ether oxygens (including phenoxy) is 3. The van der Waals surface area contributed by atoms with Crippen LogP contribution < -0.4 is 0 Å². The molecule has 0 rings (SSSR count). The first kappa shape index (κ1) is 31.2. The monoisotopic (exact) mass is 576 g/mol. The molecule has 1 unspecified atom stereocenters. The Balaban J connectivity index is 6.70. The maximum absolute atomic E-state index is 13.9. The summed E-state index contributed by atoms with van der Waals surface area (Å²) >= 11 is 0. The highest BCUT2D eigenvalue weighted by molar-refractivity contribution is 7.88. The van der Waals surface area contributed by atoms with Crippen LogP contribution in [0, 0.1) is 0 Å². The molecule has 0 aliphatic carbocycles. The molecule has 0 radical (unpaired) electrons. The lowest BCUT2D eigenvalue weighted by Gasteiger charge is -2.37. The predicted molar refractivity (Wildman–Crippen MR) is 62.2 cm³/mol. The molecule has 25 heteroatoms. The lowest BCUT2D eigenvalue weighted by molar-refractivity contribution is -0.508. The zero-order valence-corrected chi connectivity index (χ0v) is 15.4. The van der Waals surface area contributed by atoms with Gasteiger partial charge in [-0.3, -0.25) is 0 Å². The zero-order valence-electron chi connectivity index (χ0n) is 13.7. The molecule has 0 bridgehead atoms. The fourth-order valence-electron chi connectivity index (χ4n) is 1.26. The molecule has 0 aliphatic rings. The first-order valence-corrected chi connectivity index (χ1v) is 9.02. The van der Waals surface area contributed by atoms with Crippen molar-refractivity contribution in [2.45, 2.75) is 34.9 Å². The van der Waals surface area contributed by atoms with Crippen LogP contribution in [0.3, 0.4) is 0 Å². The third-order valence-electron chi connectivity index (χ3n) is 2.59. The third kappa shape index (κ3) is 5.84. The maximum atomic E-state index is 13.9. The van der Waals surface area contributed by atoms with Gasteiger partial charge in [-0.2, -0.15) is 65.1 Å². The molecule has 0 aromatic rings. The van der Waals surface area contributed by atoms with E-state index in [0.717, 1.165) is 0 Å². The third-order valence-corrected chi connectivity index (χ3v) is 4.59. The van der Waals surface area contributed by atoms with Gasteiger partial charge in [-0.05, 0) is 0 Å². The second-order valence-corrected chi connectivity index (χ2v) is 7.67. The van der Waals surface area contributed by atoms with Crippen molar-refractivity contribution >= 4 is 20.4 Å². The van der Waals surface area contributed by atoms with Crippen molar-refractivity contribution < 1.29 is 100 Å². The molecular weight excluding hydrogens is 576 g/mol. The Morgan fingerprint density at radius 3 is 1.24 bits per heavy atom. The Kier molecular flexibility index (Phi) is 8.02. The fourth-order valence-corrected chi connectivity index (χ4v) is 2.24. The van der Waals surface area contributed by atoms with Gasteiger partial charge >= 0.3 is 67.4 Å². The average Bonchev–Trinajstić information content (AvgIpc) is 2.48. The first-order chi connectivity index (χ1) is 14.0. The van der Waals surface area contributed by atoms with Gasteiger partial charge in [0.25, 0.3) is 0 Å². The normalized spacial score (nSPS) is 16.8. The van der Waals surface area contributed by atoms with E-state index in [1.54, 1.807) is 0 Å². The molecule has 0 aromatic heterocycles. The highest BCUT2D eigenvalue weighted by Gasteiger charge is 2.86. The lowest BCUT2D eigenvalue weighted by Crippen LogP contribution is -2.67. The van der Waals surface area contributed by atoms with Crippen molar-refractivity contribution in [3.8, 4) is 0 Å². The summed E-state index contributed by atoms with van der Waals surface area (Å²) in [4.78, 5) is 0. The van der Waals surface area contributed by atoms with Gasteiger partial charge in [-0.15, -0.1) is 12.7 Å². The molecule has 33 heavy (non-hydrogen) atoms. The summed E-state index contributed by atoms with van der Waals surface area (Å²) in [6.07, 6.45) is -34.7. The molecule has 0 saturated carbocycles. The van der Waals surface area contributed by atoms with E-state index in [-0.39, 0.29) is 0 Å². The summed E-state index contributed by atoms with van der Waals surface area (Å²) < 4.78 is 250. The minimum absolute atomic E-state index is 1.25. The van der Waals surface area contributed by atoms with Crippen LogP contribution in [0.4, 0.5) is 69.2 Å². The fraction of sp³-hybridized carbons (Fsp3) is 0.750. The van der Waals surface area contributed by atoms with E-state index in [2.05, 4.69) is 0 Å². The van der Waals surface area contributed by atoms with Crippen LogP contribution in [0.15, 0.2) is 12.1 Å². The smallest absolute Gasteiger partial charge is 0.378 e. The molecule has 0 aromatic carbocycles. The highest BCUT2D eigenvalue weighted by Crippen LogP contribution is 2.55. The number of halogens is 16. The topological polar surface area (TPSA) is 96.0 Å². The second-order valence-electron chi connectivity index (χ2n) is 4.84. The van der Waals surface area contributed by atoms with Crippen molar-refractivity contribution in [1.29, 1.82) is 0 Å². The Labute approximate surface area is 168 Å². The van der Waals surface area contributed by atoms with E-state index >= 15 is 0 Å². The molecule has 0 N–H and O–H groups in total. The van der Waals surface area contributed by atoms with Gasteiger partial charge in [-0.1, -0.05) is 3.89 Å². The van der Waals surface area contributed by atoms with Crippen molar-refractivity contribution in [3.63, 3.8) is 0 Å². The maximum Gasteiger partial charge on any atom is 0.541 e. The standard InChI is InChI=1S/C8F16O7S2/c9-1(10)2(11)29-8(21,22)31-5(15,16)3(12,32(23,25)26)4(13,14)30-6(17,18)7(19,20)33(24,27)28. The van der Waals surface area contributed by atoms with Crippen LogP contribution in [0.5, 0.6) is 0 Å². The summed E-state index contributed by atoms with van der Waals surface area (Å²) in [6, 6.07) is -3.90. The summed E-state index contributed by atoms with van der Waals surface area (Å²) in [6.45, 7) is 0. The summed E-state index contributed by atoms with van der Waals surface area (Å²) in [5.41, 5.74) is 0. The Morgan fingerprint density at radius 2 is 0.939 bits per heavy atom. The summed E-state index contributed by atoms with van der Waals surface area (Å²) in [5.74, 6) is 0. The molecule has 0 aliphatic heterocycles. The molecule has 1 atom stereocenters. The van der Waals surface area contributed by atoms with Gasteiger partial charge in [0.2, 0.25) is 0 Å². The molecule has 0 saturated heterocycles. The molecule has 0 spiro atoms. The SMILES string of the molecule is O=S(=O)(F)C(F)(F)C(F)(F)OC(F)(F)C(F)(C(F)(F)OC(F)(F)OC(F)=C(F)F)S(=O)(=O)F. The Hall–Kier alpha value is -1.76. The second kappa shape index (κ2) is 8.47. The Bertz CT molecular complexity index is 984. The van der Waals surface area contributed by atoms with Gasteiger partial charge in [0.1, 0.15) is 0 Å². The van der Waals surface area contributed by atoms with E-state index in [1.165, 1.54) is 9.47 Å². The zero-order chi connectivity index (χ0) is 27.3.